The maximum atomic E-state index is 13.7. The molecule has 32 heteroatoms. The summed E-state index contributed by atoms with van der Waals surface area (Å²) in [4.78, 5) is 79.1. The largest absolute Gasteiger partial charge is 0.388 e. The van der Waals surface area contributed by atoms with E-state index in [-0.39, 0.29) is 53.5 Å². The summed E-state index contributed by atoms with van der Waals surface area (Å²) < 4.78 is 62.8. The Balaban J connectivity index is 0.000000124. The molecule has 7 aliphatic heterocycles. The molecule has 0 spiro atoms. The summed E-state index contributed by atoms with van der Waals surface area (Å²) in [6.45, 7) is 17.4. The number of benzene rings is 2. The van der Waals surface area contributed by atoms with E-state index in [1.165, 1.54) is 36.9 Å². The number of amides is 3. The number of nitrogens with zero attached hydrogens (tertiary/aromatic N) is 15. The second kappa shape index (κ2) is 31.1. The molecule has 114 heavy (non-hydrogen) atoms. The summed E-state index contributed by atoms with van der Waals surface area (Å²) in [6, 6.07) is 29.4. The predicted octanol–water partition coefficient (Wildman–Crippen LogP) is 10.3. The number of morpholine rings is 3. The first-order valence-corrected chi connectivity index (χ1v) is 38.0. The summed E-state index contributed by atoms with van der Waals surface area (Å²) >= 11 is 0. The van der Waals surface area contributed by atoms with Crippen molar-refractivity contribution in [2.45, 2.75) is 96.0 Å². The molecule has 10 aromatic heterocycles. The van der Waals surface area contributed by atoms with E-state index >= 15 is 0 Å². The fraction of sp³-hybridized carbons (Fsp3) is 0.329. The number of aromatic nitrogens is 11. The van der Waals surface area contributed by atoms with Gasteiger partial charge in [0, 0.05) is 119 Å². The third-order valence-electron chi connectivity index (χ3n) is 21.9. The molecule has 12 aromatic rings. The fourth-order valence-electron chi connectivity index (χ4n) is 15.9. The van der Waals surface area contributed by atoms with Gasteiger partial charge in [-0.3, -0.25) is 33.1 Å². The highest BCUT2D eigenvalue weighted by molar-refractivity contribution is 6.08. The minimum Gasteiger partial charge on any atom is -0.388 e. The van der Waals surface area contributed by atoms with Crippen LogP contribution < -0.4 is 46.6 Å². The average molecular weight is 1550 g/mol. The van der Waals surface area contributed by atoms with Gasteiger partial charge in [-0.1, -0.05) is 12.1 Å². The molecular weight excluding hydrogens is 1460 g/mol. The molecule has 0 bridgehead atoms. The van der Waals surface area contributed by atoms with Crippen LogP contribution in [0.1, 0.15) is 100 Å². The highest BCUT2D eigenvalue weighted by Gasteiger charge is 2.37. The number of carbonyl (C=O) groups is 3. The number of ether oxygens (including phenoxy) is 3. The van der Waals surface area contributed by atoms with Crippen LogP contribution in [0.15, 0.2) is 159 Å². The zero-order chi connectivity index (χ0) is 78.5. The molecule has 4 fully saturated rings. The van der Waals surface area contributed by atoms with E-state index in [2.05, 4.69) is 92.6 Å². The molecule has 3 amide bonds. The number of aliphatic hydroxyl groups is 2. The SMILES string of the molecule is CC(C)(O)[C@@H]1CN(c2ccc(Nc3ccc(-c4cnc5cccnn45)c4c3C(=O)NC4)nc2)CCO1.CC(C)(O)[C@@H]1CN(c2ccc(Nc3cnc(-c4cnc5c(C(F)F)cccn45)c4c3C(=O)NC4)nc2)CCO1.O=C1NCc2c(-c3cnc4cc(F)ccn34)ccc(Nc3ccc(N4CCCC(N5CCOCC5)C4)cn3)c21. The fourth-order valence-corrected chi connectivity index (χ4v) is 15.9. The van der Waals surface area contributed by atoms with Gasteiger partial charge in [0.2, 0.25) is 0 Å². The van der Waals surface area contributed by atoms with E-state index < -0.39 is 17.6 Å². The van der Waals surface area contributed by atoms with Crippen molar-refractivity contribution in [2.75, 3.05) is 109 Å². The maximum absolute atomic E-state index is 13.7. The lowest BCUT2D eigenvalue weighted by molar-refractivity contribution is -0.0928. The van der Waals surface area contributed by atoms with Gasteiger partial charge >= 0.3 is 0 Å². The Morgan fingerprint density at radius 1 is 0.518 bits per heavy atom. The van der Waals surface area contributed by atoms with Crippen LogP contribution in [-0.4, -0.2) is 194 Å². The predicted molar refractivity (Wildman–Crippen MR) is 423 cm³/mol. The quantitative estimate of drug-likeness (QED) is 0.0446. The Kier molecular flexibility index (Phi) is 20.3. The third kappa shape index (κ3) is 15.0. The molecule has 0 saturated carbocycles. The molecule has 4 saturated heterocycles. The number of rotatable bonds is 16. The first kappa shape index (κ1) is 74.5. The van der Waals surface area contributed by atoms with Gasteiger partial charge in [0.1, 0.15) is 46.8 Å². The highest BCUT2D eigenvalue weighted by Crippen LogP contribution is 2.40. The smallest absolute Gasteiger partial charge is 0.267 e. The molecule has 29 nitrogen and oxygen atoms in total. The molecule has 3 atom stereocenters. The van der Waals surface area contributed by atoms with E-state index in [9.17, 15) is 37.8 Å². The Hall–Kier alpha value is -12.2. The lowest BCUT2D eigenvalue weighted by Crippen LogP contribution is -2.52. The van der Waals surface area contributed by atoms with Crippen LogP contribution in [0.25, 0.3) is 50.8 Å². The second-order valence-electron chi connectivity index (χ2n) is 30.1. The van der Waals surface area contributed by atoms with Crippen molar-refractivity contribution in [3.8, 4) is 33.9 Å². The second-order valence-corrected chi connectivity index (χ2v) is 30.1. The van der Waals surface area contributed by atoms with Gasteiger partial charge in [-0.2, -0.15) is 5.10 Å². The normalized spacial score (nSPS) is 18.4. The van der Waals surface area contributed by atoms with Crippen LogP contribution in [0.2, 0.25) is 0 Å². The first-order chi connectivity index (χ1) is 55.2. The molecule has 586 valence electrons. The number of nitrogens with one attached hydrogen (secondary N) is 6. The van der Waals surface area contributed by atoms with E-state index in [0.717, 1.165) is 109 Å². The number of alkyl halides is 2. The van der Waals surface area contributed by atoms with Crippen LogP contribution in [-0.2, 0) is 33.8 Å². The number of piperidine rings is 1. The van der Waals surface area contributed by atoms with Crippen molar-refractivity contribution in [1.82, 2.24) is 74.2 Å². The van der Waals surface area contributed by atoms with Gasteiger partial charge < -0.3 is 71.0 Å². The zero-order valence-corrected chi connectivity index (χ0v) is 63.0. The van der Waals surface area contributed by atoms with Crippen LogP contribution in [0.5, 0.6) is 0 Å². The van der Waals surface area contributed by atoms with E-state index in [0.29, 0.717) is 126 Å². The van der Waals surface area contributed by atoms with Gasteiger partial charge in [0.05, 0.1) is 160 Å². The minimum atomic E-state index is -2.66. The lowest BCUT2D eigenvalue weighted by Gasteiger charge is -2.41. The number of halogens is 3. The van der Waals surface area contributed by atoms with Gasteiger partial charge in [-0.15, -0.1) is 0 Å². The molecule has 2 aromatic carbocycles. The number of hydrogen-bond acceptors (Lipinski definition) is 23. The average Bonchev–Trinajstić information content (AvgIpc) is 1.47. The molecule has 0 aliphatic carbocycles. The summed E-state index contributed by atoms with van der Waals surface area (Å²) in [7, 11) is 0. The third-order valence-corrected chi connectivity index (χ3v) is 21.9. The lowest BCUT2D eigenvalue weighted by atomic mass is 9.99. The number of anilines is 9. The zero-order valence-electron chi connectivity index (χ0n) is 63.0. The van der Waals surface area contributed by atoms with Crippen molar-refractivity contribution in [3.63, 3.8) is 0 Å². The number of hydrogen-bond donors (Lipinski definition) is 8. The maximum Gasteiger partial charge on any atom is 0.267 e. The van der Waals surface area contributed by atoms with Crippen LogP contribution in [0.4, 0.5) is 64.7 Å². The Bertz CT molecular complexity index is 5610. The van der Waals surface area contributed by atoms with Crippen LogP contribution in [0.3, 0.4) is 0 Å². The first-order valence-electron chi connectivity index (χ1n) is 38.0. The van der Waals surface area contributed by atoms with Crippen molar-refractivity contribution in [2.24, 2.45) is 0 Å². The van der Waals surface area contributed by atoms with Crippen molar-refractivity contribution < 1.29 is 52.0 Å². The van der Waals surface area contributed by atoms with E-state index in [1.807, 2.05) is 77.3 Å². The summed E-state index contributed by atoms with van der Waals surface area (Å²) in [6.07, 6.45) is 16.1. The molecular formula is C82H84F3N21O8. The van der Waals surface area contributed by atoms with Gasteiger partial charge in [0.15, 0.2) is 5.65 Å². The molecule has 7 aliphatic rings. The van der Waals surface area contributed by atoms with Crippen LogP contribution >= 0.6 is 0 Å². The van der Waals surface area contributed by atoms with E-state index in [1.54, 1.807) is 86.2 Å². The monoisotopic (exact) mass is 1550 g/mol. The number of imidazole rings is 3. The highest BCUT2D eigenvalue weighted by atomic mass is 19.3. The Labute approximate surface area is 652 Å². The number of pyridine rings is 6. The van der Waals surface area contributed by atoms with E-state index in [4.69, 9.17) is 19.2 Å². The van der Waals surface area contributed by atoms with Gasteiger partial charge in [-0.25, -0.2) is 47.6 Å². The summed E-state index contributed by atoms with van der Waals surface area (Å²) in [5.41, 5.74) is 12.7. The van der Waals surface area contributed by atoms with Crippen molar-refractivity contribution >= 4 is 86.2 Å². The van der Waals surface area contributed by atoms with Gasteiger partial charge in [-0.05, 0) is 131 Å². The number of fused-ring (bicyclic) bond motifs is 6. The topological polar surface area (TPSA) is 321 Å². The van der Waals surface area contributed by atoms with Crippen molar-refractivity contribution in [1.29, 1.82) is 0 Å². The van der Waals surface area contributed by atoms with Crippen LogP contribution in [0, 0.1) is 5.82 Å². The molecule has 17 heterocycles. The minimum absolute atomic E-state index is 0.126. The number of carbonyl (C=O) groups excluding carboxylic acids is 3. The standard InChI is InChI=1S/C29H30FN7O2.C27H27F2N7O3.C26H27N7O3/c30-19-7-9-37-25(17-32-27(37)14-19)22-4-5-24(28-23(22)16-33-29(28)38)34-26-6-3-20(15-31-26)36-8-1-2-21(18-36)35-10-12-39-13-11-35;1-27(2,38)20-14-35(8-9-39-20)15-5-6-21(30-10-15)34-18-12-31-23(17-11-33-26(37)22(17)18)19-13-32-25-16(24(28)29)4-3-7-36(19)25;1-26(2,35)21-15-32(10-11-36-21)16-5-8-22(27-12-16)31-19-7-6-17(18-13-29-25(34)24(18)19)20-14-28-23-4-3-9-30-33(20)23/h3-7,9,14-15,17,21H,1-2,8,10-13,16,18H2,(H,31,34)(H,33,38);3-7,10,12-13,20,24,38H,8-9,11,14H2,1-2H3,(H,30,34)(H,33,37);3-9,12,14,21,35H,10-11,13,15H2,1-2H3,(H,27,31)(H,29,34)/t;20-;21-/m.00/s1. The molecule has 1 unspecified atom stereocenters. The molecule has 8 N–H and O–H groups in total. The van der Waals surface area contributed by atoms with Crippen molar-refractivity contribution in [3.05, 3.63) is 204 Å². The Morgan fingerprint density at radius 2 is 1.06 bits per heavy atom. The Morgan fingerprint density at radius 3 is 1.64 bits per heavy atom. The van der Waals surface area contributed by atoms with Gasteiger partial charge in [0.25, 0.3) is 24.1 Å². The molecule has 0 radical (unpaired) electrons. The summed E-state index contributed by atoms with van der Waals surface area (Å²) in [5.74, 6) is 0.987. The molecule has 19 rings (SSSR count). The summed E-state index contributed by atoms with van der Waals surface area (Å²) in [5, 5.41) is 43.7.